The molecular formula is C14H9Cl2FN2. The van der Waals surface area contributed by atoms with Gasteiger partial charge in [0.25, 0.3) is 0 Å². The van der Waals surface area contributed by atoms with Crippen LogP contribution in [0.15, 0.2) is 30.3 Å². The first kappa shape index (κ1) is 12.5. The van der Waals surface area contributed by atoms with Crippen LogP contribution in [-0.2, 0) is 0 Å². The highest BCUT2D eigenvalue weighted by Crippen LogP contribution is 2.29. The summed E-state index contributed by atoms with van der Waals surface area (Å²) in [6.45, 7) is 1.72. The Balaban J connectivity index is 2.17. The van der Waals surface area contributed by atoms with Crippen molar-refractivity contribution in [3.05, 3.63) is 51.8 Å². The van der Waals surface area contributed by atoms with Crippen molar-refractivity contribution in [2.75, 3.05) is 0 Å². The van der Waals surface area contributed by atoms with Crippen LogP contribution in [0.5, 0.6) is 0 Å². The summed E-state index contributed by atoms with van der Waals surface area (Å²) in [4.78, 5) is 7.50. The van der Waals surface area contributed by atoms with Gasteiger partial charge < -0.3 is 4.98 Å². The number of aryl methyl sites for hydroxylation is 1. The lowest BCUT2D eigenvalue weighted by Gasteiger charge is -1.99. The van der Waals surface area contributed by atoms with Crippen molar-refractivity contribution in [1.82, 2.24) is 9.97 Å². The number of imidazole rings is 1. The molecule has 0 spiro atoms. The molecule has 1 aromatic heterocycles. The lowest BCUT2D eigenvalue weighted by molar-refractivity contribution is 0.619. The van der Waals surface area contributed by atoms with Crippen molar-refractivity contribution in [3.8, 4) is 11.4 Å². The van der Waals surface area contributed by atoms with Gasteiger partial charge in [0.2, 0.25) is 0 Å². The topological polar surface area (TPSA) is 28.7 Å². The van der Waals surface area contributed by atoms with Crippen LogP contribution in [0.2, 0.25) is 10.0 Å². The maximum Gasteiger partial charge on any atom is 0.138 e. The van der Waals surface area contributed by atoms with Crippen LogP contribution in [0.1, 0.15) is 5.56 Å². The summed E-state index contributed by atoms with van der Waals surface area (Å²) in [6.07, 6.45) is 0. The molecule has 0 aliphatic heterocycles. The second-order valence-corrected chi connectivity index (χ2v) is 5.15. The van der Waals surface area contributed by atoms with Crippen LogP contribution in [0, 0.1) is 12.7 Å². The van der Waals surface area contributed by atoms with E-state index in [0.717, 1.165) is 5.52 Å². The molecule has 2 nitrogen and oxygen atoms in total. The van der Waals surface area contributed by atoms with Crippen LogP contribution >= 0.6 is 23.2 Å². The van der Waals surface area contributed by atoms with Gasteiger partial charge in [-0.3, -0.25) is 0 Å². The van der Waals surface area contributed by atoms with Crippen molar-refractivity contribution in [1.29, 1.82) is 0 Å². The Morgan fingerprint density at radius 1 is 1.11 bits per heavy atom. The van der Waals surface area contributed by atoms with E-state index in [1.165, 1.54) is 6.07 Å². The first-order valence-corrected chi connectivity index (χ1v) is 6.41. The molecule has 0 radical (unpaired) electrons. The second-order valence-electron chi connectivity index (χ2n) is 4.33. The Morgan fingerprint density at radius 3 is 2.58 bits per heavy atom. The fourth-order valence-electron chi connectivity index (χ4n) is 1.88. The maximum absolute atomic E-state index is 13.6. The minimum Gasteiger partial charge on any atom is -0.338 e. The summed E-state index contributed by atoms with van der Waals surface area (Å²) in [6, 6.07) is 8.39. The summed E-state index contributed by atoms with van der Waals surface area (Å²) >= 11 is 11.9. The van der Waals surface area contributed by atoms with Gasteiger partial charge in [-0.05, 0) is 30.7 Å². The fraction of sp³-hybridized carbons (Fsp3) is 0.0714. The highest BCUT2D eigenvalue weighted by Gasteiger charge is 2.09. The molecule has 5 heteroatoms. The number of hydrogen-bond acceptors (Lipinski definition) is 1. The number of benzene rings is 2. The molecule has 1 N–H and O–H groups in total. The number of H-pyrrole nitrogens is 1. The van der Waals surface area contributed by atoms with Crippen molar-refractivity contribution < 1.29 is 4.39 Å². The molecule has 0 bridgehead atoms. The molecule has 3 rings (SSSR count). The number of nitrogens with zero attached hydrogens (tertiary/aromatic N) is 1. The van der Waals surface area contributed by atoms with Crippen molar-refractivity contribution in [3.63, 3.8) is 0 Å². The zero-order valence-corrected chi connectivity index (χ0v) is 11.5. The van der Waals surface area contributed by atoms with Gasteiger partial charge in [0.15, 0.2) is 0 Å². The molecule has 0 fully saturated rings. The van der Waals surface area contributed by atoms with Gasteiger partial charge in [-0.25, -0.2) is 9.37 Å². The van der Waals surface area contributed by atoms with E-state index in [0.29, 0.717) is 32.5 Å². The van der Waals surface area contributed by atoms with Crippen LogP contribution < -0.4 is 0 Å². The first-order chi connectivity index (χ1) is 9.04. The van der Waals surface area contributed by atoms with Crippen LogP contribution in [0.25, 0.3) is 22.4 Å². The maximum atomic E-state index is 13.6. The van der Waals surface area contributed by atoms with Gasteiger partial charge in [-0.15, -0.1) is 0 Å². The smallest absolute Gasteiger partial charge is 0.138 e. The van der Waals surface area contributed by atoms with Gasteiger partial charge in [0.05, 0.1) is 21.1 Å². The van der Waals surface area contributed by atoms with Gasteiger partial charge in [0.1, 0.15) is 11.6 Å². The number of fused-ring (bicyclic) bond motifs is 1. The highest BCUT2D eigenvalue weighted by atomic mass is 35.5. The Hall–Kier alpha value is -1.58. The minimum absolute atomic E-state index is 0.256. The zero-order valence-electron chi connectivity index (χ0n) is 9.97. The number of halogens is 3. The Morgan fingerprint density at radius 2 is 1.84 bits per heavy atom. The van der Waals surface area contributed by atoms with Crippen LogP contribution in [0.3, 0.4) is 0 Å². The number of rotatable bonds is 1. The van der Waals surface area contributed by atoms with Crippen molar-refractivity contribution in [2.45, 2.75) is 6.92 Å². The van der Waals surface area contributed by atoms with Crippen LogP contribution in [-0.4, -0.2) is 9.97 Å². The quantitative estimate of drug-likeness (QED) is 0.673. The molecule has 2 aromatic carbocycles. The normalized spacial score (nSPS) is 11.2. The van der Waals surface area contributed by atoms with Crippen LogP contribution in [0.4, 0.5) is 4.39 Å². The van der Waals surface area contributed by atoms with Gasteiger partial charge in [0, 0.05) is 5.56 Å². The minimum atomic E-state index is -0.256. The third-order valence-corrected chi connectivity index (χ3v) is 3.69. The zero-order chi connectivity index (χ0) is 13.6. The summed E-state index contributed by atoms with van der Waals surface area (Å²) in [5.41, 5.74) is 2.76. The van der Waals surface area contributed by atoms with E-state index in [1.54, 1.807) is 25.1 Å². The molecule has 0 unspecified atom stereocenters. The summed E-state index contributed by atoms with van der Waals surface area (Å²) in [7, 11) is 0. The number of aromatic nitrogens is 2. The van der Waals surface area contributed by atoms with Crippen molar-refractivity contribution >= 4 is 34.2 Å². The van der Waals surface area contributed by atoms with Gasteiger partial charge in [-0.1, -0.05) is 35.3 Å². The molecule has 96 valence electrons. The van der Waals surface area contributed by atoms with Gasteiger partial charge in [-0.2, -0.15) is 0 Å². The summed E-state index contributed by atoms with van der Waals surface area (Å²) in [5, 5.41) is 0.904. The van der Waals surface area contributed by atoms with E-state index < -0.39 is 0 Å². The third-order valence-electron chi connectivity index (χ3n) is 2.97. The predicted octanol–water partition coefficient (Wildman–Crippen LogP) is 4.98. The summed E-state index contributed by atoms with van der Waals surface area (Å²) < 4.78 is 13.6. The molecule has 0 aliphatic carbocycles. The van der Waals surface area contributed by atoms with E-state index in [-0.39, 0.29) is 5.82 Å². The van der Waals surface area contributed by atoms with E-state index >= 15 is 0 Å². The second kappa shape index (κ2) is 4.51. The largest absolute Gasteiger partial charge is 0.338 e. The molecule has 1 heterocycles. The lowest BCUT2D eigenvalue weighted by atomic mass is 10.1. The SMILES string of the molecule is Cc1ccc(-c2nc3cc(Cl)c(Cl)cc3[nH]2)cc1F. The standard InChI is InChI=1S/C14H9Cl2FN2/c1-7-2-3-8(4-11(7)17)14-18-12-5-9(15)10(16)6-13(12)19-14/h2-6H,1H3,(H,18,19). The molecular weight excluding hydrogens is 286 g/mol. The molecule has 3 aromatic rings. The average molecular weight is 295 g/mol. The number of aromatic amines is 1. The molecule has 19 heavy (non-hydrogen) atoms. The van der Waals surface area contributed by atoms with E-state index in [1.807, 2.05) is 6.07 Å². The molecule has 0 saturated heterocycles. The molecule has 0 atom stereocenters. The first-order valence-electron chi connectivity index (χ1n) is 5.66. The van der Waals surface area contributed by atoms with Crippen molar-refractivity contribution in [2.24, 2.45) is 0 Å². The molecule has 0 aliphatic rings. The van der Waals surface area contributed by atoms with E-state index in [2.05, 4.69) is 9.97 Å². The lowest BCUT2D eigenvalue weighted by Crippen LogP contribution is -1.85. The van der Waals surface area contributed by atoms with E-state index in [9.17, 15) is 4.39 Å². The van der Waals surface area contributed by atoms with Gasteiger partial charge >= 0.3 is 0 Å². The Labute approximate surface area is 119 Å². The fourth-order valence-corrected chi connectivity index (χ4v) is 2.20. The monoisotopic (exact) mass is 294 g/mol. The molecule has 0 saturated carbocycles. The number of nitrogens with one attached hydrogen (secondary N) is 1. The predicted molar refractivity (Wildman–Crippen MR) is 76.2 cm³/mol. The van der Waals surface area contributed by atoms with E-state index in [4.69, 9.17) is 23.2 Å². The highest BCUT2D eigenvalue weighted by molar-refractivity contribution is 6.42. The molecule has 0 amide bonds. The third kappa shape index (κ3) is 2.20. The number of hydrogen-bond donors (Lipinski definition) is 1. The Kier molecular flexibility index (Phi) is 2.96. The average Bonchev–Trinajstić information content (AvgIpc) is 2.76. The Bertz CT molecular complexity index is 741. The summed E-state index contributed by atoms with van der Waals surface area (Å²) in [5.74, 6) is 0.334.